The van der Waals surface area contributed by atoms with Crippen LogP contribution in [-0.4, -0.2) is 61.6 Å². The van der Waals surface area contributed by atoms with E-state index in [9.17, 15) is 0 Å². The molecule has 1 atom stereocenters. The largest absolute Gasteiger partial charge is 0.469 e. The van der Waals surface area contributed by atoms with Crippen LogP contribution in [0.25, 0.3) is 0 Å². The van der Waals surface area contributed by atoms with Gasteiger partial charge in [0.05, 0.1) is 6.26 Å². The third kappa shape index (κ3) is 7.00. The highest BCUT2D eigenvalue weighted by molar-refractivity contribution is 14.0. The lowest BCUT2D eigenvalue weighted by Crippen LogP contribution is -2.41. The SMILES string of the molecule is I.c1coc(CCNC(=NCCc2cccs2)N2CCC(CN3CCCC3)C2)c1. The van der Waals surface area contributed by atoms with Crippen LogP contribution >= 0.6 is 35.3 Å². The monoisotopic (exact) mass is 528 g/mol. The number of aliphatic imine (C=N–C) groups is 1. The predicted octanol–water partition coefficient (Wildman–Crippen LogP) is 4.11. The maximum Gasteiger partial charge on any atom is 0.193 e. The minimum absolute atomic E-state index is 0. The van der Waals surface area contributed by atoms with Crippen LogP contribution in [0.1, 0.15) is 29.9 Å². The first-order valence-corrected chi connectivity index (χ1v) is 11.5. The van der Waals surface area contributed by atoms with E-state index in [4.69, 9.17) is 9.41 Å². The van der Waals surface area contributed by atoms with Crippen molar-refractivity contribution in [3.05, 3.63) is 46.5 Å². The molecule has 29 heavy (non-hydrogen) atoms. The summed E-state index contributed by atoms with van der Waals surface area (Å²) in [5.41, 5.74) is 0. The zero-order chi connectivity index (χ0) is 19.0. The molecule has 2 saturated heterocycles. The van der Waals surface area contributed by atoms with E-state index in [-0.39, 0.29) is 24.0 Å². The topological polar surface area (TPSA) is 44.0 Å². The molecule has 7 heteroatoms. The van der Waals surface area contributed by atoms with Crippen LogP contribution in [0.4, 0.5) is 0 Å². The Labute approximate surface area is 195 Å². The van der Waals surface area contributed by atoms with Gasteiger partial charge in [-0.05, 0) is 61.8 Å². The standard InChI is InChI=1S/C22H32N4OS.HI/c1-2-13-25(12-1)17-19-9-14-26(18-19)22(23-10-7-20-5-3-15-27-20)24-11-8-21-6-4-16-28-21;/h3-6,15-16,19H,1-2,7-14,17-18H2,(H,23,24);1H. The fourth-order valence-corrected chi connectivity index (χ4v) is 4.95. The van der Waals surface area contributed by atoms with E-state index in [1.54, 1.807) is 6.26 Å². The number of rotatable bonds is 8. The second-order valence-electron chi connectivity index (χ2n) is 7.90. The van der Waals surface area contributed by atoms with Crippen LogP contribution in [0.2, 0.25) is 0 Å². The van der Waals surface area contributed by atoms with Crippen molar-refractivity contribution in [2.75, 3.05) is 45.8 Å². The average molecular weight is 529 g/mol. The Kier molecular flexibility index (Phi) is 9.33. The summed E-state index contributed by atoms with van der Waals surface area (Å²) in [6.45, 7) is 7.78. The number of nitrogens with one attached hydrogen (secondary N) is 1. The molecule has 0 aromatic carbocycles. The van der Waals surface area contributed by atoms with E-state index < -0.39 is 0 Å². The summed E-state index contributed by atoms with van der Waals surface area (Å²) in [6, 6.07) is 8.31. The van der Waals surface area contributed by atoms with Gasteiger partial charge in [0.15, 0.2) is 5.96 Å². The quantitative estimate of drug-likeness (QED) is 0.318. The van der Waals surface area contributed by atoms with Gasteiger partial charge in [-0.3, -0.25) is 4.99 Å². The smallest absolute Gasteiger partial charge is 0.193 e. The molecule has 2 aliphatic rings. The number of hydrogen-bond donors (Lipinski definition) is 1. The Balaban J connectivity index is 0.00000240. The lowest BCUT2D eigenvalue weighted by Gasteiger charge is -2.23. The van der Waals surface area contributed by atoms with E-state index >= 15 is 0 Å². The van der Waals surface area contributed by atoms with Crippen LogP contribution in [0, 0.1) is 5.92 Å². The van der Waals surface area contributed by atoms with Crippen molar-refractivity contribution in [1.29, 1.82) is 0 Å². The van der Waals surface area contributed by atoms with Gasteiger partial charge in [-0.15, -0.1) is 35.3 Å². The predicted molar refractivity (Wildman–Crippen MR) is 132 cm³/mol. The molecule has 0 radical (unpaired) electrons. The summed E-state index contributed by atoms with van der Waals surface area (Å²) in [5.74, 6) is 2.87. The number of furan rings is 1. The van der Waals surface area contributed by atoms with E-state index in [1.165, 1.54) is 43.8 Å². The molecule has 2 aromatic rings. The van der Waals surface area contributed by atoms with Crippen molar-refractivity contribution in [3.63, 3.8) is 0 Å². The lowest BCUT2D eigenvalue weighted by atomic mass is 10.1. The normalized spacial score (nSPS) is 20.2. The number of thiophene rings is 1. The van der Waals surface area contributed by atoms with Gasteiger partial charge in [0.25, 0.3) is 0 Å². The molecule has 0 bridgehead atoms. The van der Waals surface area contributed by atoms with Crippen molar-refractivity contribution in [3.8, 4) is 0 Å². The second-order valence-corrected chi connectivity index (χ2v) is 8.93. The average Bonchev–Trinajstić information content (AvgIpc) is 3.49. The van der Waals surface area contributed by atoms with Gasteiger partial charge in [-0.1, -0.05) is 6.07 Å². The van der Waals surface area contributed by atoms with E-state index in [1.807, 2.05) is 23.5 Å². The van der Waals surface area contributed by atoms with Gasteiger partial charge >= 0.3 is 0 Å². The molecule has 2 aliphatic heterocycles. The van der Waals surface area contributed by atoms with Gasteiger partial charge in [-0.2, -0.15) is 0 Å². The Morgan fingerprint density at radius 2 is 2.07 bits per heavy atom. The molecule has 1 N–H and O–H groups in total. The third-order valence-corrected chi connectivity index (χ3v) is 6.67. The minimum atomic E-state index is 0. The highest BCUT2D eigenvalue weighted by Gasteiger charge is 2.27. The fourth-order valence-electron chi connectivity index (χ4n) is 4.25. The van der Waals surface area contributed by atoms with Crippen molar-refractivity contribution < 1.29 is 4.42 Å². The second kappa shape index (κ2) is 12.0. The summed E-state index contributed by atoms with van der Waals surface area (Å²) < 4.78 is 5.46. The van der Waals surface area contributed by atoms with Crippen LogP contribution < -0.4 is 5.32 Å². The van der Waals surface area contributed by atoms with Crippen LogP contribution in [0.5, 0.6) is 0 Å². The molecule has 4 heterocycles. The summed E-state index contributed by atoms with van der Waals surface area (Å²) >= 11 is 1.82. The van der Waals surface area contributed by atoms with E-state index in [0.717, 1.165) is 56.7 Å². The highest BCUT2D eigenvalue weighted by Crippen LogP contribution is 2.20. The first-order chi connectivity index (χ1) is 13.9. The molecule has 2 aromatic heterocycles. The Morgan fingerprint density at radius 1 is 1.17 bits per heavy atom. The highest BCUT2D eigenvalue weighted by atomic mass is 127. The first kappa shape index (κ1) is 22.6. The van der Waals surface area contributed by atoms with Crippen molar-refractivity contribution in [2.24, 2.45) is 10.9 Å². The van der Waals surface area contributed by atoms with E-state index in [2.05, 4.69) is 32.6 Å². The van der Waals surface area contributed by atoms with E-state index in [0.29, 0.717) is 0 Å². The number of hydrogen-bond acceptors (Lipinski definition) is 4. The molecule has 0 amide bonds. The Bertz CT molecular complexity index is 713. The molecular formula is C22H33IN4OS. The third-order valence-electron chi connectivity index (χ3n) is 5.73. The molecule has 2 fully saturated rings. The van der Waals surface area contributed by atoms with Gasteiger partial charge < -0.3 is 19.5 Å². The molecule has 4 rings (SSSR count). The number of nitrogens with zero attached hydrogens (tertiary/aromatic N) is 3. The fraction of sp³-hybridized carbons (Fsp3) is 0.591. The molecule has 0 spiro atoms. The zero-order valence-corrected chi connectivity index (χ0v) is 20.2. The number of halogens is 1. The summed E-state index contributed by atoms with van der Waals surface area (Å²) in [4.78, 5) is 11.5. The van der Waals surface area contributed by atoms with Crippen LogP contribution in [0.15, 0.2) is 45.3 Å². The molecule has 1 unspecified atom stereocenters. The molecule has 160 valence electrons. The van der Waals surface area contributed by atoms with Gasteiger partial charge in [0, 0.05) is 50.4 Å². The minimum Gasteiger partial charge on any atom is -0.469 e. The Hall–Kier alpha value is -1.06. The maximum absolute atomic E-state index is 5.46. The number of guanidine groups is 1. The molecular weight excluding hydrogens is 495 g/mol. The summed E-state index contributed by atoms with van der Waals surface area (Å²) in [5, 5.41) is 5.74. The lowest BCUT2D eigenvalue weighted by molar-refractivity contribution is 0.281. The van der Waals surface area contributed by atoms with Crippen molar-refractivity contribution in [2.45, 2.75) is 32.1 Å². The number of likely N-dealkylation sites (tertiary alicyclic amines) is 2. The van der Waals surface area contributed by atoms with Gasteiger partial charge in [0.2, 0.25) is 0 Å². The summed E-state index contributed by atoms with van der Waals surface area (Å²) in [7, 11) is 0. The van der Waals surface area contributed by atoms with Gasteiger partial charge in [0.1, 0.15) is 5.76 Å². The van der Waals surface area contributed by atoms with Crippen molar-refractivity contribution in [1.82, 2.24) is 15.1 Å². The molecule has 0 aliphatic carbocycles. The summed E-state index contributed by atoms with van der Waals surface area (Å²) in [6.07, 6.45) is 7.68. The van der Waals surface area contributed by atoms with Crippen LogP contribution in [-0.2, 0) is 12.8 Å². The molecule has 5 nitrogen and oxygen atoms in total. The maximum atomic E-state index is 5.46. The molecule has 0 saturated carbocycles. The van der Waals surface area contributed by atoms with Crippen molar-refractivity contribution >= 4 is 41.3 Å². The zero-order valence-electron chi connectivity index (χ0n) is 17.1. The Morgan fingerprint density at radius 3 is 2.83 bits per heavy atom. The van der Waals surface area contributed by atoms with Gasteiger partial charge in [-0.25, -0.2) is 0 Å². The van der Waals surface area contributed by atoms with Crippen LogP contribution in [0.3, 0.4) is 0 Å². The first-order valence-electron chi connectivity index (χ1n) is 10.7.